The smallest absolute Gasteiger partial charge is 0.410 e. The minimum absolute atomic E-state index is 0.00719. The summed E-state index contributed by atoms with van der Waals surface area (Å²) in [4.78, 5) is 22.2. The van der Waals surface area contributed by atoms with Crippen LogP contribution in [0.4, 0.5) is 0 Å². The standard InChI is InChI=1S/C22H14N4O2/c27-25-19(15-9-3-1-4-10-15)20(16-11-5-2-6-12-16)26(28)22-21(25)23-17-13-7-8-14-18(17)24-22/h1-14H. The van der Waals surface area contributed by atoms with Crippen LogP contribution in [0.1, 0.15) is 0 Å². The molecule has 0 saturated heterocycles. The van der Waals surface area contributed by atoms with Gasteiger partial charge in [0.15, 0.2) is 0 Å². The van der Waals surface area contributed by atoms with Gasteiger partial charge in [-0.05, 0) is 17.1 Å². The molecule has 0 saturated carbocycles. The second-order valence-electron chi connectivity index (χ2n) is 6.38. The number of para-hydroxylation sites is 2. The SMILES string of the molecule is O=[n+]1c(-c2ccccc2)c(-c2ccccc2)n([O-])c2nc3ccccc3nc21. The van der Waals surface area contributed by atoms with E-state index in [0.717, 1.165) is 0 Å². The van der Waals surface area contributed by atoms with Crippen LogP contribution < -0.4 is 4.43 Å². The molecule has 3 aromatic carbocycles. The first-order valence-corrected chi connectivity index (χ1v) is 8.80. The van der Waals surface area contributed by atoms with Crippen LogP contribution in [0.25, 0.3) is 44.8 Å². The second-order valence-corrected chi connectivity index (χ2v) is 6.38. The van der Waals surface area contributed by atoms with Crippen LogP contribution in [-0.4, -0.2) is 14.7 Å². The van der Waals surface area contributed by atoms with E-state index < -0.39 is 0 Å². The van der Waals surface area contributed by atoms with Crippen molar-refractivity contribution in [2.45, 2.75) is 0 Å². The fourth-order valence-corrected chi connectivity index (χ4v) is 3.36. The van der Waals surface area contributed by atoms with Crippen LogP contribution in [0.2, 0.25) is 0 Å². The van der Waals surface area contributed by atoms with Gasteiger partial charge in [0.05, 0.1) is 5.69 Å². The Kier molecular flexibility index (Phi) is 3.62. The molecule has 28 heavy (non-hydrogen) atoms. The highest BCUT2D eigenvalue weighted by molar-refractivity contribution is 5.85. The van der Waals surface area contributed by atoms with Gasteiger partial charge in [0.1, 0.15) is 5.52 Å². The first-order valence-electron chi connectivity index (χ1n) is 8.80. The zero-order chi connectivity index (χ0) is 19.1. The molecule has 0 unspecified atom stereocenters. The second kappa shape index (κ2) is 6.28. The van der Waals surface area contributed by atoms with E-state index in [0.29, 0.717) is 31.3 Å². The van der Waals surface area contributed by atoms with Crippen molar-refractivity contribution in [3.05, 3.63) is 95.0 Å². The van der Waals surface area contributed by atoms with Crippen molar-refractivity contribution in [2.24, 2.45) is 0 Å². The number of benzene rings is 3. The average molecular weight is 366 g/mol. The third-order valence-corrected chi connectivity index (χ3v) is 4.64. The third-order valence-electron chi connectivity index (χ3n) is 4.64. The molecule has 0 fully saturated rings. The maximum Gasteiger partial charge on any atom is 0.410 e. The Morgan fingerprint density at radius 3 is 1.89 bits per heavy atom. The summed E-state index contributed by atoms with van der Waals surface area (Å²) in [6.07, 6.45) is 0. The van der Waals surface area contributed by atoms with Crippen molar-refractivity contribution in [2.75, 3.05) is 0 Å². The Hall–Kier alpha value is -4.06. The molecular weight excluding hydrogens is 352 g/mol. The van der Waals surface area contributed by atoms with Gasteiger partial charge in [-0.1, -0.05) is 77.7 Å². The number of hydrogen-bond acceptors (Lipinski definition) is 4. The molecular formula is C22H14N4O2. The van der Waals surface area contributed by atoms with Crippen LogP contribution in [0.3, 0.4) is 0 Å². The Morgan fingerprint density at radius 1 is 0.714 bits per heavy atom. The molecule has 2 aromatic heterocycles. The fourth-order valence-electron chi connectivity index (χ4n) is 3.36. The molecule has 0 N–H and O–H groups in total. The predicted molar refractivity (Wildman–Crippen MR) is 108 cm³/mol. The molecule has 5 rings (SSSR count). The molecule has 134 valence electrons. The first kappa shape index (κ1) is 16.1. The van der Waals surface area contributed by atoms with Gasteiger partial charge in [0.25, 0.3) is 0 Å². The normalized spacial score (nSPS) is 11.1. The number of aromatic nitrogens is 4. The molecule has 6 heteroatoms. The zero-order valence-electron chi connectivity index (χ0n) is 14.7. The summed E-state index contributed by atoms with van der Waals surface area (Å²) in [6.45, 7) is 0. The summed E-state index contributed by atoms with van der Waals surface area (Å²) < 4.78 is 1.42. The van der Waals surface area contributed by atoms with E-state index in [2.05, 4.69) is 9.97 Å². The van der Waals surface area contributed by atoms with Gasteiger partial charge in [0, 0.05) is 15.6 Å². The molecule has 5 aromatic rings. The third kappa shape index (κ3) is 2.43. The van der Waals surface area contributed by atoms with Crippen LogP contribution in [0, 0.1) is 10.1 Å². The number of fused-ring (bicyclic) bond motifs is 2. The molecule has 0 atom stereocenters. The maximum atomic E-state index is 13.4. The van der Waals surface area contributed by atoms with Crippen LogP contribution in [0.5, 0.6) is 0 Å². The van der Waals surface area contributed by atoms with Gasteiger partial charge in [-0.25, -0.2) is 4.98 Å². The van der Waals surface area contributed by atoms with E-state index in [1.54, 1.807) is 36.4 Å². The van der Waals surface area contributed by atoms with Gasteiger partial charge >= 0.3 is 5.65 Å². The summed E-state index contributed by atoms with van der Waals surface area (Å²) in [7, 11) is 0. The topological polar surface area (TPSA) is 76.7 Å². The summed E-state index contributed by atoms with van der Waals surface area (Å²) in [6, 6.07) is 25.4. The fraction of sp³-hybridized carbons (Fsp3) is 0. The van der Waals surface area contributed by atoms with Gasteiger partial charge in [-0.15, -0.1) is 0 Å². The Bertz CT molecular complexity index is 1380. The lowest BCUT2D eigenvalue weighted by atomic mass is 10.0. The zero-order valence-corrected chi connectivity index (χ0v) is 14.7. The largest absolute Gasteiger partial charge is 0.804 e. The van der Waals surface area contributed by atoms with Gasteiger partial charge in [0.2, 0.25) is 16.9 Å². The highest BCUT2D eigenvalue weighted by Crippen LogP contribution is 2.30. The molecule has 0 bridgehead atoms. The van der Waals surface area contributed by atoms with Crippen molar-refractivity contribution in [3.63, 3.8) is 0 Å². The monoisotopic (exact) mass is 366 g/mol. The molecule has 0 aliphatic rings. The summed E-state index contributed by atoms with van der Waals surface area (Å²) >= 11 is 0. The Morgan fingerprint density at radius 2 is 1.25 bits per heavy atom. The molecule has 0 aliphatic carbocycles. The van der Waals surface area contributed by atoms with Crippen molar-refractivity contribution in [1.82, 2.24) is 14.7 Å². The lowest BCUT2D eigenvalue weighted by molar-refractivity contribution is -0.453. The van der Waals surface area contributed by atoms with Crippen molar-refractivity contribution >= 4 is 22.3 Å². The van der Waals surface area contributed by atoms with Crippen LogP contribution in [0.15, 0.2) is 84.9 Å². The Balaban J connectivity index is 1.99. The summed E-state index contributed by atoms with van der Waals surface area (Å²) in [5.41, 5.74) is 2.88. The first-order chi connectivity index (χ1) is 13.7. The number of rotatable bonds is 2. The lowest BCUT2D eigenvalue weighted by Gasteiger charge is -2.19. The summed E-state index contributed by atoms with van der Waals surface area (Å²) in [5, 5.41) is 13.4. The van der Waals surface area contributed by atoms with E-state index in [1.165, 1.54) is 0 Å². The summed E-state index contributed by atoms with van der Waals surface area (Å²) in [5.74, 6) is 0. The van der Waals surface area contributed by atoms with Crippen molar-refractivity contribution < 1.29 is 4.43 Å². The number of hydrogen-bond donors (Lipinski definition) is 0. The van der Waals surface area contributed by atoms with E-state index >= 15 is 0 Å². The van der Waals surface area contributed by atoms with Gasteiger partial charge in [-0.3, -0.25) is 0 Å². The highest BCUT2D eigenvalue weighted by Gasteiger charge is 2.25. The molecule has 0 spiro atoms. The van der Waals surface area contributed by atoms with E-state index in [4.69, 9.17) is 0 Å². The molecule has 2 heterocycles. The minimum Gasteiger partial charge on any atom is -0.804 e. The average Bonchev–Trinajstić information content (AvgIpc) is 2.76. The van der Waals surface area contributed by atoms with Crippen molar-refractivity contribution in [3.8, 4) is 22.5 Å². The quantitative estimate of drug-likeness (QED) is 0.347. The van der Waals surface area contributed by atoms with Gasteiger partial charge in [-0.2, -0.15) is 0 Å². The minimum atomic E-state index is -0.00719. The Labute approximate surface area is 159 Å². The van der Waals surface area contributed by atoms with Crippen molar-refractivity contribution in [1.29, 1.82) is 0 Å². The maximum absolute atomic E-state index is 13.4. The molecule has 6 nitrogen and oxygen atoms in total. The highest BCUT2D eigenvalue weighted by atomic mass is 16.5. The molecule has 0 amide bonds. The van der Waals surface area contributed by atoms with E-state index in [1.807, 2.05) is 48.5 Å². The van der Waals surface area contributed by atoms with Crippen LogP contribution >= 0.6 is 0 Å². The predicted octanol–water partition coefficient (Wildman–Crippen LogP) is 4.18. The molecule has 0 aliphatic heterocycles. The van der Waals surface area contributed by atoms with Crippen LogP contribution in [-0.2, 0) is 0 Å². The van der Waals surface area contributed by atoms with E-state index in [9.17, 15) is 10.1 Å². The van der Waals surface area contributed by atoms with E-state index in [-0.39, 0.29) is 22.7 Å². The van der Waals surface area contributed by atoms with Gasteiger partial charge < -0.3 is 9.94 Å². The number of nitrogens with zero attached hydrogens (tertiary/aromatic N) is 4. The molecule has 0 radical (unpaired) electrons. The lowest BCUT2D eigenvalue weighted by Crippen LogP contribution is -2.25.